The van der Waals surface area contributed by atoms with Crippen LogP contribution in [0, 0.1) is 18.3 Å². The zero-order chi connectivity index (χ0) is 29.4. The molecule has 1 aliphatic carbocycles. The summed E-state index contributed by atoms with van der Waals surface area (Å²) >= 11 is 0. The SMILES string of the molecule is C=CC(=O)N1CCN(c2cc(C(=O)NC3(CN)CC3)nc3c2CCN(c2cccc4cccc(C)c24)C3)C[C@@H]1CC#N. The van der Waals surface area contributed by atoms with Gasteiger partial charge in [-0.3, -0.25) is 9.59 Å². The van der Waals surface area contributed by atoms with E-state index in [0.717, 1.165) is 42.8 Å². The first-order chi connectivity index (χ1) is 20.4. The van der Waals surface area contributed by atoms with Crippen LogP contribution in [0.3, 0.4) is 0 Å². The molecule has 0 spiro atoms. The van der Waals surface area contributed by atoms with E-state index in [0.29, 0.717) is 38.4 Å². The topological polar surface area (TPSA) is 119 Å². The summed E-state index contributed by atoms with van der Waals surface area (Å²) in [5.41, 5.74) is 11.4. The molecule has 3 aromatic rings. The number of amides is 2. The first-order valence-electron chi connectivity index (χ1n) is 14.7. The number of carbonyl (C=O) groups excluding carboxylic acids is 2. The number of benzene rings is 2. The number of fused-ring (bicyclic) bond motifs is 2. The third-order valence-corrected chi connectivity index (χ3v) is 9.05. The van der Waals surface area contributed by atoms with Gasteiger partial charge in [0, 0.05) is 55.0 Å². The lowest BCUT2D eigenvalue weighted by atomic mass is 9.97. The Labute approximate surface area is 246 Å². The molecular weight excluding hydrogens is 526 g/mol. The summed E-state index contributed by atoms with van der Waals surface area (Å²) in [6.07, 6.45) is 4.05. The number of carbonyl (C=O) groups is 2. The highest BCUT2D eigenvalue weighted by Crippen LogP contribution is 2.37. The molecule has 0 radical (unpaired) electrons. The molecule has 2 fully saturated rings. The second-order valence-corrected chi connectivity index (χ2v) is 11.7. The first-order valence-corrected chi connectivity index (χ1v) is 14.7. The zero-order valence-electron chi connectivity index (χ0n) is 24.1. The van der Waals surface area contributed by atoms with Gasteiger partial charge in [-0.05, 0) is 55.3 Å². The molecule has 3 aliphatic rings. The number of aromatic nitrogens is 1. The average Bonchev–Trinajstić information content (AvgIpc) is 3.79. The number of pyridine rings is 1. The van der Waals surface area contributed by atoms with Crippen molar-refractivity contribution in [3.63, 3.8) is 0 Å². The van der Waals surface area contributed by atoms with Crippen LogP contribution in [0.4, 0.5) is 11.4 Å². The fourth-order valence-electron chi connectivity index (χ4n) is 6.49. The number of nitrogens with zero attached hydrogens (tertiary/aromatic N) is 5. The van der Waals surface area contributed by atoms with Crippen LogP contribution >= 0.6 is 0 Å². The molecule has 9 heteroatoms. The van der Waals surface area contributed by atoms with Crippen LogP contribution in [0.2, 0.25) is 0 Å². The van der Waals surface area contributed by atoms with Crippen molar-refractivity contribution in [1.82, 2.24) is 15.2 Å². The summed E-state index contributed by atoms with van der Waals surface area (Å²) in [7, 11) is 0. The molecule has 2 aliphatic heterocycles. The smallest absolute Gasteiger partial charge is 0.270 e. The molecule has 2 amide bonds. The number of nitrogens with one attached hydrogen (secondary N) is 1. The molecule has 42 heavy (non-hydrogen) atoms. The van der Waals surface area contributed by atoms with Gasteiger partial charge in [-0.15, -0.1) is 0 Å². The Morgan fingerprint density at radius 1 is 1.17 bits per heavy atom. The van der Waals surface area contributed by atoms with E-state index in [-0.39, 0.29) is 29.8 Å². The van der Waals surface area contributed by atoms with Crippen molar-refractivity contribution in [2.24, 2.45) is 5.73 Å². The quantitative estimate of drug-likeness (QED) is 0.423. The molecule has 216 valence electrons. The van der Waals surface area contributed by atoms with Crippen molar-refractivity contribution in [1.29, 1.82) is 5.26 Å². The molecule has 2 aromatic carbocycles. The Morgan fingerprint density at radius 3 is 2.67 bits per heavy atom. The number of anilines is 2. The fourth-order valence-corrected chi connectivity index (χ4v) is 6.49. The first kappa shape index (κ1) is 27.7. The number of rotatable bonds is 7. The van der Waals surface area contributed by atoms with Gasteiger partial charge in [0.15, 0.2) is 0 Å². The summed E-state index contributed by atoms with van der Waals surface area (Å²) in [6.45, 7) is 9.15. The summed E-state index contributed by atoms with van der Waals surface area (Å²) in [4.78, 5) is 37.3. The van der Waals surface area contributed by atoms with Crippen molar-refractivity contribution in [2.75, 3.05) is 42.5 Å². The Bertz CT molecular complexity index is 1600. The Morgan fingerprint density at radius 2 is 1.95 bits per heavy atom. The van der Waals surface area contributed by atoms with Gasteiger partial charge in [-0.25, -0.2) is 4.98 Å². The predicted molar refractivity (Wildman–Crippen MR) is 164 cm³/mol. The van der Waals surface area contributed by atoms with Crippen LogP contribution in [0.15, 0.2) is 55.1 Å². The number of hydrogen-bond donors (Lipinski definition) is 2. The van der Waals surface area contributed by atoms with E-state index in [2.05, 4.69) is 71.1 Å². The minimum Gasteiger partial charge on any atom is -0.367 e. The minimum absolute atomic E-state index is 0.163. The van der Waals surface area contributed by atoms with Gasteiger partial charge in [-0.1, -0.05) is 36.9 Å². The van der Waals surface area contributed by atoms with E-state index in [1.54, 1.807) is 4.90 Å². The van der Waals surface area contributed by atoms with Gasteiger partial charge in [0.2, 0.25) is 5.91 Å². The van der Waals surface area contributed by atoms with E-state index in [9.17, 15) is 14.9 Å². The molecule has 1 saturated heterocycles. The Balaban J connectivity index is 1.38. The van der Waals surface area contributed by atoms with Gasteiger partial charge in [0.25, 0.3) is 5.91 Å². The predicted octanol–water partition coefficient (Wildman–Crippen LogP) is 3.44. The molecule has 6 rings (SSSR count). The highest BCUT2D eigenvalue weighted by atomic mass is 16.2. The maximum absolute atomic E-state index is 13.5. The maximum atomic E-state index is 13.5. The van der Waals surface area contributed by atoms with E-state index in [4.69, 9.17) is 10.7 Å². The summed E-state index contributed by atoms with van der Waals surface area (Å²) in [6, 6.07) is 16.6. The van der Waals surface area contributed by atoms with E-state index >= 15 is 0 Å². The van der Waals surface area contributed by atoms with Crippen LogP contribution in [0.25, 0.3) is 10.8 Å². The summed E-state index contributed by atoms with van der Waals surface area (Å²) in [5.74, 6) is -0.376. The average molecular weight is 564 g/mol. The third-order valence-electron chi connectivity index (χ3n) is 9.05. The molecule has 3 N–H and O–H groups in total. The summed E-state index contributed by atoms with van der Waals surface area (Å²) < 4.78 is 0. The zero-order valence-corrected chi connectivity index (χ0v) is 24.1. The normalized spacial score (nSPS) is 19.2. The molecule has 0 bridgehead atoms. The second-order valence-electron chi connectivity index (χ2n) is 11.7. The molecule has 1 atom stereocenters. The van der Waals surface area contributed by atoms with Crippen molar-refractivity contribution in [3.05, 3.63) is 77.6 Å². The van der Waals surface area contributed by atoms with Gasteiger partial charge >= 0.3 is 0 Å². The second kappa shape index (κ2) is 11.1. The van der Waals surface area contributed by atoms with Gasteiger partial charge in [0.05, 0.1) is 36.3 Å². The molecule has 1 saturated carbocycles. The Hall–Kier alpha value is -4.42. The van der Waals surface area contributed by atoms with Crippen LogP contribution in [-0.2, 0) is 17.8 Å². The summed E-state index contributed by atoms with van der Waals surface area (Å²) in [5, 5.41) is 15.1. The number of piperazine rings is 1. The fraction of sp³-hybridized carbons (Fsp3) is 0.394. The molecule has 9 nitrogen and oxygen atoms in total. The van der Waals surface area contributed by atoms with Crippen molar-refractivity contribution in [2.45, 2.75) is 50.7 Å². The molecule has 0 unspecified atom stereocenters. The van der Waals surface area contributed by atoms with E-state index in [1.807, 2.05) is 6.07 Å². The number of aryl methyl sites for hydroxylation is 1. The standard InChI is InChI=1S/C33H37N7O2/c1-3-30(41)40-17-16-39(19-24(40)10-14-34)29-18-26(32(42)37-33(21-35)12-13-33)36-27-20-38(15-11-25(27)29)28-9-5-8-23-7-4-6-22(2)31(23)28/h3-9,18,24H,1,10-13,15-17,19-21,35H2,2H3,(H,37,42)/t24-/m0/s1. The van der Waals surface area contributed by atoms with Crippen molar-refractivity contribution >= 4 is 34.0 Å². The third kappa shape index (κ3) is 5.07. The van der Waals surface area contributed by atoms with E-state index < -0.39 is 0 Å². The van der Waals surface area contributed by atoms with Gasteiger partial charge < -0.3 is 25.8 Å². The maximum Gasteiger partial charge on any atom is 0.270 e. The number of nitrogens with two attached hydrogens (primary N) is 1. The number of nitriles is 1. The monoisotopic (exact) mass is 563 g/mol. The minimum atomic E-state index is -0.337. The molecule has 1 aromatic heterocycles. The van der Waals surface area contributed by atoms with Gasteiger partial charge in [-0.2, -0.15) is 5.26 Å². The van der Waals surface area contributed by atoms with Crippen molar-refractivity contribution in [3.8, 4) is 6.07 Å². The van der Waals surface area contributed by atoms with E-state index in [1.165, 1.54) is 28.1 Å². The highest BCUT2D eigenvalue weighted by Gasteiger charge is 2.43. The lowest BCUT2D eigenvalue weighted by Gasteiger charge is -2.43. The molecular formula is C33H37N7O2. The van der Waals surface area contributed by atoms with Gasteiger partial charge in [0.1, 0.15) is 5.69 Å². The number of hydrogen-bond acceptors (Lipinski definition) is 7. The van der Waals surface area contributed by atoms with Crippen LogP contribution in [0.1, 0.15) is 46.6 Å². The van der Waals surface area contributed by atoms with Crippen LogP contribution < -0.4 is 20.9 Å². The van der Waals surface area contributed by atoms with Crippen LogP contribution in [-0.4, -0.2) is 66.0 Å². The van der Waals surface area contributed by atoms with Crippen LogP contribution in [0.5, 0.6) is 0 Å². The largest absolute Gasteiger partial charge is 0.367 e. The lowest BCUT2D eigenvalue weighted by Crippen LogP contribution is -2.55. The highest BCUT2D eigenvalue weighted by molar-refractivity contribution is 5.97. The lowest BCUT2D eigenvalue weighted by molar-refractivity contribution is -0.128. The van der Waals surface area contributed by atoms with Crippen molar-refractivity contribution < 1.29 is 9.59 Å². The Kier molecular flexibility index (Phi) is 7.33. The molecule has 3 heterocycles.